The highest BCUT2D eigenvalue weighted by Crippen LogP contribution is 2.27. The fourth-order valence-corrected chi connectivity index (χ4v) is 3.68. The second-order valence-electron chi connectivity index (χ2n) is 3.56. The second kappa shape index (κ2) is 5.72. The molecule has 0 aliphatic carbocycles. The Hall–Kier alpha value is -0.760. The van der Waals surface area contributed by atoms with Crippen LogP contribution in [0.2, 0.25) is 5.02 Å². The molecular weight excluding hydrogens is 281 g/mol. The molecule has 0 radical (unpaired) electrons. The Morgan fingerprint density at radius 1 is 1.47 bits per heavy atom. The van der Waals surface area contributed by atoms with Gasteiger partial charge in [-0.2, -0.15) is 5.26 Å². The SMILES string of the molecule is CC(CCCl)S(=O)(=O)c1cccc(Cl)c1C#N. The van der Waals surface area contributed by atoms with Crippen LogP contribution < -0.4 is 0 Å². The average Bonchev–Trinajstić information content (AvgIpc) is 2.29. The van der Waals surface area contributed by atoms with Crippen LogP contribution in [-0.2, 0) is 9.84 Å². The summed E-state index contributed by atoms with van der Waals surface area (Å²) in [7, 11) is -3.56. The van der Waals surface area contributed by atoms with Gasteiger partial charge in [-0.05, 0) is 25.5 Å². The standard InChI is InChI=1S/C11H11Cl2NO2S/c1-8(5-6-12)17(15,16)11-4-2-3-10(13)9(11)7-14/h2-4,8H,5-6H2,1H3. The van der Waals surface area contributed by atoms with Gasteiger partial charge in [0.15, 0.2) is 9.84 Å². The van der Waals surface area contributed by atoms with E-state index in [4.69, 9.17) is 28.5 Å². The van der Waals surface area contributed by atoms with Crippen molar-refractivity contribution in [3.8, 4) is 6.07 Å². The van der Waals surface area contributed by atoms with Gasteiger partial charge in [0.05, 0.1) is 20.7 Å². The first-order chi connectivity index (χ1) is 7.95. The van der Waals surface area contributed by atoms with Crippen molar-refractivity contribution in [2.24, 2.45) is 0 Å². The van der Waals surface area contributed by atoms with E-state index < -0.39 is 15.1 Å². The number of halogens is 2. The maximum absolute atomic E-state index is 12.2. The molecule has 6 heteroatoms. The monoisotopic (exact) mass is 291 g/mol. The van der Waals surface area contributed by atoms with E-state index in [0.717, 1.165) is 0 Å². The smallest absolute Gasteiger partial charge is 0.182 e. The third kappa shape index (κ3) is 2.92. The summed E-state index contributed by atoms with van der Waals surface area (Å²) in [4.78, 5) is -0.0230. The topological polar surface area (TPSA) is 57.9 Å². The number of hydrogen-bond acceptors (Lipinski definition) is 3. The molecule has 0 bridgehead atoms. The molecule has 92 valence electrons. The second-order valence-corrected chi connectivity index (χ2v) is 6.68. The van der Waals surface area contributed by atoms with E-state index in [2.05, 4.69) is 0 Å². The van der Waals surface area contributed by atoms with Crippen LogP contribution in [0.4, 0.5) is 0 Å². The van der Waals surface area contributed by atoms with E-state index in [1.54, 1.807) is 6.92 Å². The minimum atomic E-state index is -3.56. The van der Waals surface area contributed by atoms with Gasteiger partial charge in [0.2, 0.25) is 0 Å². The molecule has 0 heterocycles. The molecule has 1 aromatic rings. The molecule has 1 atom stereocenters. The highest BCUT2D eigenvalue weighted by molar-refractivity contribution is 7.92. The molecule has 0 N–H and O–H groups in total. The van der Waals surface area contributed by atoms with Crippen molar-refractivity contribution >= 4 is 33.0 Å². The van der Waals surface area contributed by atoms with Crippen molar-refractivity contribution in [1.29, 1.82) is 5.26 Å². The summed E-state index contributed by atoms with van der Waals surface area (Å²) in [6.45, 7) is 1.57. The van der Waals surface area contributed by atoms with Crippen molar-refractivity contribution < 1.29 is 8.42 Å². The summed E-state index contributed by atoms with van der Waals surface area (Å²) in [6, 6.07) is 6.22. The van der Waals surface area contributed by atoms with Crippen LogP contribution in [0.25, 0.3) is 0 Å². The van der Waals surface area contributed by atoms with Gasteiger partial charge < -0.3 is 0 Å². The van der Waals surface area contributed by atoms with Gasteiger partial charge >= 0.3 is 0 Å². The highest BCUT2D eigenvalue weighted by atomic mass is 35.5. The van der Waals surface area contributed by atoms with Crippen LogP contribution in [0, 0.1) is 11.3 Å². The maximum Gasteiger partial charge on any atom is 0.182 e. The van der Waals surface area contributed by atoms with Gasteiger partial charge in [-0.1, -0.05) is 17.7 Å². The summed E-state index contributed by atoms with van der Waals surface area (Å²) < 4.78 is 24.4. The third-order valence-corrected chi connectivity index (χ3v) is 5.22. The Bertz CT molecular complexity index is 549. The lowest BCUT2D eigenvalue weighted by atomic mass is 10.2. The fraction of sp³-hybridized carbons (Fsp3) is 0.364. The van der Waals surface area contributed by atoms with E-state index >= 15 is 0 Å². The summed E-state index contributed by atoms with van der Waals surface area (Å²) in [5.41, 5.74) is -0.00408. The number of nitriles is 1. The summed E-state index contributed by atoms with van der Waals surface area (Å²) >= 11 is 11.3. The Balaban J connectivity index is 3.35. The third-order valence-electron chi connectivity index (χ3n) is 2.44. The van der Waals surface area contributed by atoms with Crippen molar-refractivity contribution in [3.05, 3.63) is 28.8 Å². The lowest BCUT2D eigenvalue weighted by Crippen LogP contribution is -2.19. The average molecular weight is 292 g/mol. The maximum atomic E-state index is 12.2. The summed E-state index contributed by atoms with van der Waals surface area (Å²) in [6.07, 6.45) is 0.335. The minimum absolute atomic E-state index is 0.00408. The van der Waals surface area contributed by atoms with Gasteiger partial charge in [-0.15, -0.1) is 11.6 Å². The normalized spacial score (nSPS) is 13.1. The largest absolute Gasteiger partial charge is 0.223 e. The molecule has 0 saturated heterocycles. The lowest BCUT2D eigenvalue weighted by Gasteiger charge is -2.13. The quantitative estimate of drug-likeness (QED) is 0.801. The predicted molar refractivity (Wildman–Crippen MR) is 68.2 cm³/mol. The van der Waals surface area contributed by atoms with Gasteiger partial charge in [-0.3, -0.25) is 0 Å². The lowest BCUT2D eigenvalue weighted by molar-refractivity contribution is 0.581. The molecule has 0 aliphatic rings. The van der Waals surface area contributed by atoms with Crippen molar-refractivity contribution in [1.82, 2.24) is 0 Å². The van der Waals surface area contributed by atoms with Crippen molar-refractivity contribution in [3.63, 3.8) is 0 Å². The van der Waals surface area contributed by atoms with Crippen molar-refractivity contribution in [2.75, 3.05) is 5.88 Å². The molecule has 17 heavy (non-hydrogen) atoms. The van der Waals surface area contributed by atoms with Crippen molar-refractivity contribution in [2.45, 2.75) is 23.5 Å². The van der Waals surface area contributed by atoms with Gasteiger partial charge in [0, 0.05) is 5.88 Å². The first-order valence-electron chi connectivity index (χ1n) is 4.93. The van der Waals surface area contributed by atoms with E-state index in [0.29, 0.717) is 6.42 Å². The molecule has 1 rings (SSSR count). The first-order valence-corrected chi connectivity index (χ1v) is 7.39. The van der Waals surface area contributed by atoms with Crippen LogP contribution in [0.3, 0.4) is 0 Å². The van der Waals surface area contributed by atoms with Crippen LogP contribution in [-0.4, -0.2) is 19.5 Å². The highest BCUT2D eigenvalue weighted by Gasteiger charge is 2.26. The van der Waals surface area contributed by atoms with Crippen LogP contribution in [0.15, 0.2) is 23.1 Å². The Labute approximate surface area is 111 Å². The molecule has 0 spiro atoms. The van der Waals surface area contributed by atoms with Crippen LogP contribution >= 0.6 is 23.2 Å². The van der Waals surface area contributed by atoms with Crippen LogP contribution in [0.1, 0.15) is 18.9 Å². The molecule has 1 unspecified atom stereocenters. The Morgan fingerprint density at radius 3 is 2.65 bits per heavy atom. The first kappa shape index (κ1) is 14.3. The number of nitrogens with zero attached hydrogens (tertiary/aromatic N) is 1. The number of benzene rings is 1. The molecule has 1 aromatic carbocycles. The molecule has 0 fully saturated rings. The number of sulfone groups is 1. The van der Waals surface area contributed by atoms with E-state index in [-0.39, 0.29) is 21.4 Å². The van der Waals surface area contributed by atoms with Gasteiger partial charge in [-0.25, -0.2) is 8.42 Å². The Morgan fingerprint density at radius 2 is 2.12 bits per heavy atom. The van der Waals surface area contributed by atoms with E-state index in [1.807, 2.05) is 6.07 Å². The molecule has 0 aromatic heterocycles. The molecular formula is C11H11Cl2NO2S. The molecule has 0 amide bonds. The molecule has 3 nitrogen and oxygen atoms in total. The summed E-state index contributed by atoms with van der Waals surface area (Å²) in [5.74, 6) is 0.253. The zero-order valence-corrected chi connectivity index (χ0v) is 11.5. The predicted octanol–water partition coefficient (Wildman–Crippen LogP) is 3.00. The zero-order valence-electron chi connectivity index (χ0n) is 9.15. The van der Waals surface area contributed by atoms with E-state index in [1.165, 1.54) is 18.2 Å². The van der Waals surface area contributed by atoms with Gasteiger partial charge in [0.25, 0.3) is 0 Å². The van der Waals surface area contributed by atoms with E-state index in [9.17, 15) is 8.42 Å². The molecule has 0 saturated carbocycles. The minimum Gasteiger partial charge on any atom is -0.223 e. The number of rotatable bonds is 4. The summed E-state index contributed by atoms with van der Waals surface area (Å²) in [5, 5.41) is 8.46. The molecule has 0 aliphatic heterocycles. The fourth-order valence-electron chi connectivity index (χ4n) is 1.38. The zero-order chi connectivity index (χ0) is 13.1. The number of hydrogen-bond donors (Lipinski definition) is 0. The van der Waals surface area contributed by atoms with Crippen LogP contribution in [0.5, 0.6) is 0 Å². The number of alkyl halides is 1. The van der Waals surface area contributed by atoms with Gasteiger partial charge in [0.1, 0.15) is 6.07 Å². The Kier molecular flexibility index (Phi) is 4.81.